The molecule has 1 atom stereocenters. The van der Waals surface area contributed by atoms with E-state index < -0.39 is 20.3 Å². The smallest absolute Gasteiger partial charge is 0.241 e. The van der Waals surface area contributed by atoms with E-state index in [-0.39, 0.29) is 18.5 Å². The molecule has 0 aromatic carbocycles. The zero-order valence-electron chi connectivity index (χ0n) is 12.6. The van der Waals surface area contributed by atoms with Crippen molar-refractivity contribution in [2.75, 3.05) is 6.54 Å². The second kappa shape index (κ2) is 7.12. The van der Waals surface area contributed by atoms with Gasteiger partial charge in [-0.1, -0.05) is 25.2 Å². The van der Waals surface area contributed by atoms with Crippen LogP contribution in [0.5, 0.6) is 0 Å². The highest BCUT2D eigenvalue weighted by molar-refractivity contribution is 7.93. The van der Waals surface area contributed by atoms with E-state index in [9.17, 15) is 13.2 Å². The molecule has 0 aromatic rings. The molecule has 0 saturated heterocycles. The van der Waals surface area contributed by atoms with Gasteiger partial charge in [0.1, 0.15) is 5.25 Å². The Balaban J connectivity index is 2.91. The minimum absolute atomic E-state index is 0.0945. The van der Waals surface area contributed by atoms with E-state index in [2.05, 4.69) is 5.92 Å². The van der Waals surface area contributed by atoms with Crippen molar-refractivity contribution >= 4 is 15.7 Å². The average Bonchev–Trinajstić information content (AvgIpc) is 2.44. The molecule has 5 heteroatoms. The number of hydrogen-bond acceptors (Lipinski definition) is 3. The summed E-state index contributed by atoms with van der Waals surface area (Å²) in [6.07, 6.45) is 10.5. The van der Waals surface area contributed by atoms with Gasteiger partial charge in [0.25, 0.3) is 0 Å². The fraction of sp³-hybridized carbons (Fsp3) is 0.800. The van der Waals surface area contributed by atoms with Crippen LogP contribution in [0.1, 0.15) is 52.9 Å². The topological polar surface area (TPSA) is 54.5 Å². The van der Waals surface area contributed by atoms with E-state index in [1.54, 1.807) is 18.7 Å². The van der Waals surface area contributed by atoms with Gasteiger partial charge in [0.15, 0.2) is 9.84 Å². The highest BCUT2D eigenvalue weighted by atomic mass is 32.2. The Morgan fingerprint density at radius 2 is 1.80 bits per heavy atom. The number of sulfone groups is 1. The van der Waals surface area contributed by atoms with Crippen molar-refractivity contribution in [3.05, 3.63) is 0 Å². The molecule has 1 aliphatic carbocycles. The lowest BCUT2D eigenvalue weighted by Crippen LogP contribution is -2.49. The molecule has 20 heavy (non-hydrogen) atoms. The van der Waals surface area contributed by atoms with Crippen molar-refractivity contribution in [2.24, 2.45) is 0 Å². The Labute approximate surface area is 122 Å². The molecule has 4 nitrogen and oxygen atoms in total. The van der Waals surface area contributed by atoms with Gasteiger partial charge in [-0.2, -0.15) is 0 Å². The lowest BCUT2D eigenvalue weighted by atomic mass is 9.94. The van der Waals surface area contributed by atoms with Crippen molar-refractivity contribution < 1.29 is 13.2 Å². The Morgan fingerprint density at radius 1 is 1.25 bits per heavy atom. The molecule has 1 saturated carbocycles. The molecule has 1 amide bonds. The maximum Gasteiger partial charge on any atom is 0.241 e. The average molecular weight is 299 g/mol. The van der Waals surface area contributed by atoms with Crippen molar-refractivity contribution in [3.63, 3.8) is 0 Å². The van der Waals surface area contributed by atoms with Gasteiger partial charge in [-0.25, -0.2) is 8.42 Å². The summed E-state index contributed by atoms with van der Waals surface area (Å²) in [5, 5.41) is -1.57. The molecular weight excluding hydrogens is 274 g/mol. The van der Waals surface area contributed by atoms with Gasteiger partial charge in [0.2, 0.25) is 5.91 Å². The van der Waals surface area contributed by atoms with Crippen LogP contribution in [-0.4, -0.2) is 42.3 Å². The van der Waals surface area contributed by atoms with Crippen LogP contribution in [0, 0.1) is 12.3 Å². The van der Waals surface area contributed by atoms with Crippen LogP contribution in [0.25, 0.3) is 0 Å². The first-order chi connectivity index (χ1) is 9.32. The maximum atomic E-state index is 12.5. The van der Waals surface area contributed by atoms with E-state index in [0.29, 0.717) is 0 Å². The van der Waals surface area contributed by atoms with Gasteiger partial charge in [0, 0.05) is 6.04 Å². The van der Waals surface area contributed by atoms with E-state index in [0.717, 1.165) is 25.7 Å². The van der Waals surface area contributed by atoms with Crippen LogP contribution in [-0.2, 0) is 14.6 Å². The van der Waals surface area contributed by atoms with Crippen LogP contribution in [0.4, 0.5) is 0 Å². The molecule has 1 rings (SSSR count). The zero-order valence-corrected chi connectivity index (χ0v) is 13.4. The molecule has 0 spiro atoms. The molecule has 114 valence electrons. The summed E-state index contributed by atoms with van der Waals surface area (Å²) in [6.45, 7) is 4.88. The number of rotatable bonds is 5. The third-order valence-electron chi connectivity index (χ3n) is 4.06. The highest BCUT2D eigenvalue weighted by Gasteiger charge is 2.36. The molecule has 1 fully saturated rings. The van der Waals surface area contributed by atoms with Crippen LogP contribution in [0.15, 0.2) is 0 Å². The van der Waals surface area contributed by atoms with Gasteiger partial charge in [-0.05, 0) is 33.6 Å². The monoisotopic (exact) mass is 299 g/mol. The number of carbonyl (C=O) groups excluding carboxylic acids is 1. The first-order valence-corrected chi connectivity index (χ1v) is 8.90. The summed E-state index contributed by atoms with van der Waals surface area (Å²) in [5.74, 6) is 2.15. The summed E-state index contributed by atoms with van der Waals surface area (Å²) < 4.78 is 24.3. The fourth-order valence-electron chi connectivity index (χ4n) is 2.66. The minimum Gasteiger partial charge on any atom is -0.327 e. The number of terminal acetylenes is 1. The number of amides is 1. The Hall–Kier alpha value is -1.02. The van der Waals surface area contributed by atoms with Gasteiger partial charge in [0.05, 0.1) is 11.8 Å². The molecule has 0 bridgehead atoms. The molecule has 1 aliphatic rings. The first kappa shape index (κ1) is 17.0. The quantitative estimate of drug-likeness (QED) is 0.730. The fourth-order valence-corrected chi connectivity index (χ4v) is 3.89. The van der Waals surface area contributed by atoms with E-state index >= 15 is 0 Å². The van der Waals surface area contributed by atoms with E-state index in [1.807, 2.05) is 0 Å². The molecule has 0 aliphatic heterocycles. The Kier molecular flexibility index (Phi) is 6.07. The van der Waals surface area contributed by atoms with Crippen molar-refractivity contribution in [3.8, 4) is 12.3 Å². The second-order valence-electron chi connectivity index (χ2n) is 5.74. The lowest BCUT2D eigenvalue weighted by Gasteiger charge is -2.34. The first-order valence-electron chi connectivity index (χ1n) is 7.29. The molecule has 0 aromatic heterocycles. The standard InChI is InChI=1S/C15H25NO3S/c1-5-11-16(14-9-7-6-8-10-14)15(17)13(4)20(18,19)12(2)3/h1,12-14H,6-11H2,2-4H3. The van der Waals surface area contributed by atoms with E-state index in [4.69, 9.17) is 6.42 Å². The van der Waals surface area contributed by atoms with Crippen LogP contribution in [0.3, 0.4) is 0 Å². The summed E-state index contributed by atoms with van der Waals surface area (Å²) in [4.78, 5) is 14.1. The Bertz CT molecular complexity index is 470. The summed E-state index contributed by atoms with van der Waals surface area (Å²) in [5.41, 5.74) is 0. The lowest BCUT2D eigenvalue weighted by molar-refractivity contribution is -0.132. The molecule has 0 N–H and O–H groups in total. The third-order valence-corrected chi connectivity index (χ3v) is 6.56. The molecule has 1 unspecified atom stereocenters. The van der Waals surface area contributed by atoms with E-state index in [1.165, 1.54) is 13.3 Å². The Morgan fingerprint density at radius 3 is 2.25 bits per heavy atom. The SMILES string of the molecule is C#CCN(C(=O)C(C)S(=O)(=O)C(C)C)C1CCCCC1. The van der Waals surface area contributed by atoms with Crippen LogP contribution < -0.4 is 0 Å². The predicted molar refractivity (Wildman–Crippen MR) is 80.9 cm³/mol. The predicted octanol–water partition coefficient (Wildman–Crippen LogP) is 1.99. The van der Waals surface area contributed by atoms with Crippen molar-refractivity contribution in [1.82, 2.24) is 4.90 Å². The minimum atomic E-state index is -3.44. The largest absolute Gasteiger partial charge is 0.327 e. The van der Waals surface area contributed by atoms with Gasteiger partial charge in [-0.3, -0.25) is 4.79 Å². The summed E-state index contributed by atoms with van der Waals surface area (Å²) in [7, 11) is -3.44. The zero-order chi connectivity index (χ0) is 15.3. The van der Waals surface area contributed by atoms with Crippen molar-refractivity contribution in [2.45, 2.75) is 69.4 Å². The van der Waals surface area contributed by atoms with Crippen LogP contribution in [0.2, 0.25) is 0 Å². The van der Waals surface area contributed by atoms with Gasteiger partial charge in [-0.15, -0.1) is 6.42 Å². The normalized spacial score (nSPS) is 18.6. The maximum absolute atomic E-state index is 12.5. The highest BCUT2D eigenvalue weighted by Crippen LogP contribution is 2.24. The van der Waals surface area contributed by atoms with Gasteiger partial charge >= 0.3 is 0 Å². The van der Waals surface area contributed by atoms with Crippen LogP contribution >= 0.6 is 0 Å². The third kappa shape index (κ3) is 3.76. The number of hydrogen-bond donors (Lipinski definition) is 0. The summed E-state index contributed by atoms with van der Waals surface area (Å²) >= 11 is 0. The molecule has 0 heterocycles. The summed E-state index contributed by atoms with van der Waals surface area (Å²) in [6, 6.07) is 0.0945. The second-order valence-corrected chi connectivity index (χ2v) is 8.57. The number of carbonyl (C=O) groups is 1. The van der Waals surface area contributed by atoms with Gasteiger partial charge < -0.3 is 4.90 Å². The van der Waals surface area contributed by atoms with Crippen molar-refractivity contribution in [1.29, 1.82) is 0 Å². The molecular formula is C15H25NO3S. The number of nitrogens with zero attached hydrogens (tertiary/aromatic N) is 1. The molecule has 0 radical (unpaired) electrons.